The van der Waals surface area contributed by atoms with Gasteiger partial charge in [0.25, 0.3) is 0 Å². The van der Waals surface area contributed by atoms with Gasteiger partial charge in [0.05, 0.1) is 0 Å². The Morgan fingerprint density at radius 1 is 1.22 bits per heavy atom. The second kappa shape index (κ2) is 7.40. The Kier molecular flexibility index (Phi) is 5.05. The van der Waals surface area contributed by atoms with Crippen molar-refractivity contribution < 1.29 is 4.39 Å². The maximum Gasteiger partial charge on any atom is 0.224 e. The van der Waals surface area contributed by atoms with Gasteiger partial charge in [-0.15, -0.1) is 0 Å². The summed E-state index contributed by atoms with van der Waals surface area (Å²) in [5, 5.41) is 3.19. The van der Waals surface area contributed by atoms with Gasteiger partial charge in [-0.05, 0) is 42.9 Å². The van der Waals surface area contributed by atoms with Crippen LogP contribution in [0.4, 0.5) is 16.2 Å². The lowest BCUT2D eigenvalue weighted by Gasteiger charge is -2.31. The summed E-state index contributed by atoms with van der Waals surface area (Å²) in [5.74, 6) is 2.22. The summed E-state index contributed by atoms with van der Waals surface area (Å²) >= 11 is 0. The van der Waals surface area contributed by atoms with E-state index >= 15 is 0 Å². The summed E-state index contributed by atoms with van der Waals surface area (Å²) in [6.07, 6.45) is 4.81. The zero-order chi connectivity index (χ0) is 16.1. The van der Waals surface area contributed by atoms with Gasteiger partial charge in [0.2, 0.25) is 5.95 Å². The predicted molar refractivity (Wildman–Crippen MR) is 91.2 cm³/mol. The SMILES string of the molecule is CC1CCN(c2ccnc(NCCc3ccccc3F)n2)CC1. The highest BCUT2D eigenvalue weighted by Gasteiger charge is 2.17. The van der Waals surface area contributed by atoms with Crippen molar-refractivity contribution in [1.82, 2.24) is 9.97 Å². The molecule has 0 radical (unpaired) electrons. The molecule has 0 bridgehead atoms. The Hall–Kier alpha value is -2.17. The molecular weight excluding hydrogens is 291 g/mol. The van der Waals surface area contributed by atoms with Crippen LogP contribution >= 0.6 is 0 Å². The van der Waals surface area contributed by atoms with E-state index in [0.29, 0.717) is 24.5 Å². The number of rotatable bonds is 5. The topological polar surface area (TPSA) is 41.1 Å². The van der Waals surface area contributed by atoms with Crippen molar-refractivity contribution in [3.63, 3.8) is 0 Å². The van der Waals surface area contributed by atoms with Crippen molar-refractivity contribution in [1.29, 1.82) is 0 Å². The first-order valence-electron chi connectivity index (χ1n) is 8.27. The second-order valence-electron chi connectivity index (χ2n) is 6.18. The van der Waals surface area contributed by atoms with E-state index in [0.717, 1.165) is 24.8 Å². The number of nitrogens with one attached hydrogen (secondary N) is 1. The van der Waals surface area contributed by atoms with Gasteiger partial charge in [-0.3, -0.25) is 0 Å². The molecule has 0 aliphatic carbocycles. The minimum Gasteiger partial charge on any atom is -0.356 e. The zero-order valence-corrected chi connectivity index (χ0v) is 13.5. The van der Waals surface area contributed by atoms with Crippen LogP contribution in [0.5, 0.6) is 0 Å². The van der Waals surface area contributed by atoms with Crippen LogP contribution in [0.1, 0.15) is 25.3 Å². The Balaban J connectivity index is 1.56. The van der Waals surface area contributed by atoms with Crippen molar-refractivity contribution in [2.75, 3.05) is 29.9 Å². The summed E-state index contributed by atoms with van der Waals surface area (Å²) in [4.78, 5) is 11.2. The zero-order valence-electron chi connectivity index (χ0n) is 13.5. The molecule has 5 heteroatoms. The van der Waals surface area contributed by atoms with Gasteiger partial charge in [0.1, 0.15) is 11.6 Å². The monoisotopic (exact) mass is 314 g/mol. The van der Waals surface area contributed by atoms with E-state index < -0.39 is 0 Å². The quantitative estimate of drug-likeness (QED) is 0.917. The standard InChI is InChI=1S/C18H23FN4/c1-14-8-12-23(13-9-14)17-7-11-21-18(22-17)20-10-6-15-4-2-3-5-16(15)19/h2-5,7,11,14H,6,8-10,12-13H2,1H3,(H,20,21,22). The van der Waals surface area contributed by atoms with Crippen LogP contribution in [0.15, 0.2) is 36.5 Å². The summed E-state index contributed by atoms with van der Waals surface area (Å²) in [5.41, 5.74) is 0.709. The van der Waals surface area contributed by atoms with Gasteiger partial charge in [-0.25, -0.2) is 9.37 Å². The maximum absolute atomic E-state index is 13.6. The normalized spacial score (nSPS) is 15.7. The number of halogens is 1. The largest absolute Gasteiger partial charge is 0.356 e. The lowest BCUT2D eigenvalue weighted by molar-refractivity contribution is 0.436. The molecule has 1 aliphatic rings. The molecule has 1 aromatic carbocycles. The smallest absolute Gasteiger partial charge is 0.224 e. The van der Waals surface area contributed by atoms with Crippen molar-refractivity contribution in [2.24, 2.45) is 5.92 Å². The lowest BCUT2D eigenvalue weighted by Crippen LogP contribution is -2.33. The van der Waals surface area contributed by atoms with E-state index in [1.807, 2.05) is 18.2 Å². The van der Waals surface area contributed by atoms with Gasteiger partial charge in [-0.2, -0.15) is 4.98 Å². The third-order valence-corrected chi connectivity index (χ3v) is 4.38. The minimum atomic E-state index is -0.161. The fraction of sp³-hybridized carbons (Fsp3) is 0.444. The first-order chi connectivity index (χ1) is 11.2. The summed E-state index contributed by atoms with van der Waals surface area (Å²) in [7, 11) is 0. The first kappa shape index (κ1) is 15.7. The van der Waals surface area contributed by atoms with Gasteiger partial charge in [0, 0.05) is 25.8 Å². The van der Waals surface area contributed by atoms with E-state index in [4.69, 9.17) is 0 Å². The second-order valence-corrected chi connectivity index (χ2v) is 6.18. The molecule has 3 rings (SSSR count). The molecule has 4 nitrogen and oxygen atoms in total. The number of aromatic nitrogens is 2. The molecule has 2 heterocycles. The maximum atomic E-state index is 13.6. The van der Waals surface area contributed by atoms with Gasteiger partial charge >= 0.3 is 0 Å². The molecule has 0 spiro atoms. The fourth-order valence-electron chi connectivity index (χ4n) is 2.86. The van der Waals surface area contributed by atoms with E-state index in [9.17, 15) is 4.39 Å². The van der Waals surface area contributed by atoms with E-state index in [-0.39, 0.29) is 5.82 Å². The number of hydrogen-bond donors (Lipinski definition) is 1. The van der Waals surface area contributed by atoms with Crippen LogP contribution in [0, 0.1) is 11.7 Å². The molecule has 0 saturated carbocycles. The third-order valence-electron chi connectivity index (χ3n) is 4.38. The number of benzene rings is 1. The van der Waals surface area contributed by atoms with E-state index in [1.165, 1.54) is 18.9 Å². The third kappa shape index (κ3) is 4.18. The predicted octanol–water partition coefficient (Wildman–Crippen LogP) is 3.51. The molecule has 23 heavy (non-hydrogen) atoms. The van der Waals surface area contributed by atoms with Gasteiger partial charge in [0.15, 0.2) is 0 Å². The summed E-state index contributed by atoms with van der Waals surface area (Å²) < 4.78 is 13.6. The molecule has 1 aliphatic heterocycles. The molecule has 1 aromatic heterocycles. The molecule has 1 fully saturated rings. The van der Waals surface area contributed by atoms with Gasteiger partial charge < -0.3 is 10.2 Å². The highest BCUT2D eigenvalue weighted by atomic mass is 19.1. The molecule has 0 atom stereocenters. The van der Waals surface area contributed by atoms with E-state index in [2.05, 4.69) is 27.1 Å². The van der Waals surface area contributed by atoms with Crippen molar-refractivity contribution >= 4 is 11.8 Å². The van der Waals surface area contributed by atoms with Gasteiger partial charge in [-0.1, -0.05) is 25.1 Å². The molecule has 0 amide bonds. The van der Waals surface area contributed by atoms with Crippen LogP contribution in [0.2, 0.25) is 0 Å². The Labute approximate surface area is 136 Å². The molecule has 1 N–H and O–H groups in total. The summed E-state index contributed by atoms with van der Waals surface area (Å²) in [6, 6.07) is 8.82. The molecule has 0 unspecified atom stereocenters. The van der Waals surface area contributed by atoms with Crippen molar-refractivity contribution in [2.45, 2.75) is 26.2 Å². The van der Waals surface area contributed by atoms with Crippen LogP contribution in [-0.4, -0.2) is 29.6 Å². The average molecular weight is 314 g/mol. The number of hydrogen-bond acceptors (Lipinski definition) is 4. The average Bonchev–Trinajstić information content (AvgIpc) is 2.58. The molecule has 1 saturated heterocycles. The highest BCUT2D eigenvalue weighted by molar-refractivity contribution is 5.42. The molecule has 122 valence electrons. The molecular formula is C18H23FN4. The Morgan fingerprint density at radius 3 is 2.78 bits per heavy atom. The fourth-order valence-corrected chi connectivity index (χ4v) is 2.86. The van der Waals surface area contributed by atoms with Crippen LogP contribution in [0.25, 0.3) is 0 Å². The van der Waals surface area contributed by atoms with Crippen LogP contribution in [-0.2, 0) is 6.42 Å². The van der Waals surface area contributed by atoms with Crippen LogP contribution < -0.4 is 10.2 Å². The lowest BCUT2D eigenvalue weighted by atomic mass is 9.99. The Bertz CT molecular complexity index is 638. The summed E-state index contributed by atoms with van der Waals surface area (Å²) in [6.45, 7) is 5.01. The van der Waals surface area contributed by atoms with Crippen molar-refractivity contribution in [3.8, 4) is 0 Å². The number of nitrogens with zero attached hydrogens (tertiary/aromatic N) is 3. The van der Waals surface area contributed by atoms with Crippen molar-refractivity contribution in [3.05, 3.63) is 47.9 Å². The Morgan fingerprint density at radius 2 is 2.00 bits per heavy atom. The number of piperidine rings is 1. The number of anilines is 2. The highest BCUT2D eigenvalue weighted by Crippen LogP contribution is 2.21. The van der Waals surface area contributed by atoms with Crippen LogP contribution in [0.3, 0.4) is 0 Å². The minimum absolute atomic E-state index is 0.161. The van der Waals surface area contributed by atoms with E-state index in [1.54, 1.807) is 12.3 Å². The first-order valence-corrected chi connectivity index (χ1v) is 8.27. The molecule has 2 aromatic rings.